The Morgan fingerprint density at radius 1 is 0.952 bits per heavy atom. The lowest BCUT2D eigenvalue weighted by Crippen LogP contribution is -2.30. The summed E-state index contributed by atoms with van der Waals surface area (Å²) in [5.74, 6) is -1.22. The number of phenols is 1. The van der Waals surface area contributed by atoms with Crippen LogP contribution in [-0.2, 0) is 4.74 Å². The van der Waals surface area contributed by atoms with Crippen molar-refractivity contribution in [3.63, 3.8) is 0 Å². The van der Waals surface area contributed by atoms with Gasteiger partial charge in [-0.05, 0) is 48.0 Å². The first-order valence-corrected chi connectivity index (χ1v) is 13.7. The van der Waals surface area contributed by atoms with E-state index in [0.717, 1.165) is 27.4 Å². The van der Waals surface area contributed by atoms with Gasteiger partial charge in [0, 0.05) is 57.3 Å². The van der Waals surface area contributed by atoms with Gasteiger partial charge in [0.1, 0.15) is 22.8 Å². The molecule has 1 atom stereocenters. The number of aromatic amines is 3. The number of nitrogens with one attached hydrogen (secondary N) is 4. The molecule has 3 aromatic heterocycles. The summed E-state index contributed by atoms with van der Waals surface area (Å²) in [5.41, 5.74) is 4.84. The van der Waals surface area contributed by atoms with Crippen LogP contribution in [-0.4, -0.2) is 57.4 Å². The van der Waals surface area contributed by atoms with Crippen LogP contribution in [0, 0.1) is 0 Å². The quantitative estimate of drug-likeness (QED) is 0.128. The number of fused-ring (bicyclic) bond motifs is 5. The molecule has 210 valence electrons. The number of aromatic nitrogens is 3. The van der Waals surface area contributed by atoms with E-state index in [1.807, 2.05) is 24.3 Å². The fraction of sp³-hybridized carbons (Fsp3) is 0.129. The first-order valence-electron chi connectivity index (χ1n) is 13.2. The van der Waals surface area contributed by atoms with Crippen LogP contribution < -0.4 is 10.2 Å². The maximum atomic E-state index is 13.8. The van der Waals surface area contributed by atoms with Crippen molar-refractivity contribution in [2.45, 2.75) is 5.92 Å². The first kappa shape index (κ1) is 25.7. The topological polar surface area (TPSA) is 143 Å². The molecule has 3 aromatic carbocycles. The summed E-state index contributed by atoms with van der Waals surface area (Å²) in [6.45, 7) is 0.302. The third kappa shape index (κ3) is 4.07. The molecule has 0 bridgehead atoms. The molecule has 6 aromatic rings. The van der Waals surface area contributed by atoms with Gasteiger partial charge in [-0.3, -0.25) is 9.59 Å². The molecule has 0 saturated carbocycles. The van der Waals surface area contributed by atoms with Crippen molar-refractivity contribution in [1.29, 1.82) is 0 Å². The molecule has 10 nitrogen and oxygen atoms in total. The van der Waals surface area contributed by atoms with Crippen LogP contribution in [0.15, 0.2) is 66.7 Å². The van der Waals surface area contributed by atoms with Crippen molar-refractivity contribution in [2.75, 3.05) is 29.8 Å². The average Bonchev–Trinajstić information content (AvgIpc) is 3.78. The SMILES string of the molecule is COC(=O)c1cc2c3c(cc(O)c2[nH]1)N(C(=O)c1cc2cc(NC(=O)c4cc5ccccc5[nH]4)ccc2[nH]1)C[C@H]3CCl. The van der Waals surface area contributed by atoms with Crippen LogP contribution in [0.1, 0.15) is 42.9 Å². The van der Waals surface area contributed by atoms with E-state index < -0.39 is 5.97 Å². The molecule has 11 heteroatoms. The standard InChI is InChI=1S/C31H24ClN5O5/c1-42-31(41)24-11-19-27-17(13-32)14-37(25(27)12-26(38)28(19)36-24)30(40)23-10-16-8-18(6-7-21(16)35-23)33-29(39)22-9-15-4-2-3-5-20(15)34-22/h2-12,17,34-36,38H,13-14H2,1H3,(H,33,39)/t17-/m1/s1. The van der Waals surface area contributed by atoms with Gasteiger partial charge in [-0.1, -0.05) is 18.2 Å². The summed E-state index contributed by atoms with van der Waals surface area (Å²) >= 11 is 6.33. The number of esters is 1. The van der Waals surface area contributed by atoms with E-state index in [1.54, 1.807) is 41.3 Å². The molecule has 0 spiro atoms. The zero-order valence-electron chi connectivity index (χ0n) is 22.2. The number of aromatic hydroxyl groups is 1. The Labute approximate surface area is 243 Å². The van der Waals surface area contributed by atoms with E-state index in [2.05, 4.69) is 20.3 Å². The maximum Gasteiger partial charge on any atom is 0.354 e. The minimum Gasteiger partial charge on any atom is -0.506 e. The molecule has 0 saturated heterocycles. The van der Waals surface area contributed by atoms with E-state index >= 15 is 0 Å². The number of carbonyl (C=O) groups excluding carboxylic acids is 3. The largest absolute Gasteiger partial charge is 0.506 e. The highest BCUT2D eigenvalue weighted by molar-refractivity contribution is 6.19. The van der Waals surface area contributed by atoms with Gasteiger partial charge >= 0.3 is 5.97 Å². The Kier molecular flexibility index (Phi) is 5.95. The average molecular weight is 582 g/mol. The first-order chi connectivity index (χ1) is 20.3. The molecule has 42 heavy (non-hydrogen) atoms. The molecule has 4 heterocycles. The van der Waals surface area contributed by atoms with Crippen molar-refractivity contribution < 1.29 is 24.2 Å². The lowest BCUT2D eigenvalue weighted by atomic mass is 9.98. The number of hydrogen-bond acceptors (Lipinski definition) is 5. The van der Waals surface area contributed by atoms with E-state index in [9.17, 15) is 19.5 Å². The second-order valence-electron chi connectivity index (χ2n) is 10.3. The van der Waals surface area contributed by atoms with Crippen molar-refractivity contribution in [2.24, 2.45) is 0 Å². The number of alkyl halides is 1. The van der Waals surface area contributed by atoms with Crippen molar-refractivity contribution >= 4 is 73.5 Å². The molecule has 1 aliphatic heterocycles. The summed E-state index contributed by atoms with van der Waals surface area (Å²) in [6.07, 6.45) is 0. The molecule has 2 amide bonds. The number of anilines is 2. The Hall–Kier alpha value is -5.22. The van der Waals surface area contributed by atoms with Crippen molar-refractivity contribution in [3.05, 3.63) is 89.4 Å². The van der Waals surface area contributed by atoms with Gasteiger partial charge in [0.15, 0.2) is 0 Å². The molecule has 7 rings (SSSR count). The van der Waals surface area contributed by atoms with Crippen LogP contribution in [0.2, 0.25) is 0 Å². The highest BCUT2D eigenvalue weighted by Gasteiger charge is 2.36. The van der Waals surface area contributed by atoms with Crippen molar-refractivity contribution in [1.82, 2.24) is 15.0 Å². The number of halogens is 1. The lowest BCUT2D eigenvalue weighted by Gasteiger charge is -2.17. The second-order valence-corrected chi connectivity index (χ2v) is 10.6. The molecule has 0 aliphatic carbocycles. The molecule has 0 radical (unpaired) electrons. The smallest absolute Gasteiger partial charge is 0.354 e. The number of hydrogen-bond donors (Lipinski definition) is 5. The van der Waals surface area contributed by atoms with Gasteiger partial charge in [-0.2, -0.15) is 0 Å². The summed E-state index contributed by atoms with van der Waals surface area (Å²) in [7, 11) is 1.28. The molecular formula is C31H24ClN5O5. The predicted octanol–water partition coefficient (Wildman–Crippen LogP) is 5.86. The third-order valence-corrected chi connectivity index (χ3v) is 8.11. The zero-order chi connectivity index (χ0) is 29.1. The number of ether oxygens (including phenoxy) is 1. The summed E-state index contributed by atoms with van der Waals surface area (Å²) in [4.78, 5) is 49.6. The van der Waals surface area contributed by atoms with Gasteiger partial charge in [0.2, 0.25) is 0 Å². The summed E-state index contributed by atoms with van der Waals surface area (Å²) < 4.78 is 4.82. The number of para-hydroxylation sites is 1. The van der Waals surface area contributed by atoms with Gasteiger partial charge in [-0.25, -0.2) is 4.79 Å². The van der Waals surface area contributed by atoms with Crippen LogP contribution in [0.5, 0.6) is 5.75 Å². The normalized spacial score (nSPS) is 14.5. The lowest BCUT2D eigenvalue weighted by molar-refractivity contribution is 0.0595. The van der Waals surface area contributed by atoms with Gasteiger partial charge in [0.25, 0.3) is 11.8 Å². The predicted molar refractivity (Wildman–Crippen MR) is 161 cm³/mol. The molecule has 5 N–H and O–H groups in total. The van der Waals surface area contributed by atoms with Gasteiger partial charge in [0.05, 0.1) is 18.3 Å². The van der Waals surface area contributed by atoms with E-state index in [0.29, 0.717) is 40.2 Å². The minimum atomic E-state index is -0.567. The molecule has 0 fully saturated rings. The second kappa shape index (κ2) is 9.71. The molecule has 1 aliphatic rings. The van der Waals surface area contributed by atoms with E-state index in [-0.39, 0.29) is 35.1 Å². The third-order valence-electron chi connectivity index (χ3n) is 7.74. The van der Waals surface area contributed by atoms with Gasteiger partial charge in [-0.15, -0.1) is 11.6 Å². The fourth-order valence-electron chi connectivity index (χ4n) is 5.75. The Bertz CT molecular complexity index is 2040. The molecular weight excluding hydrogens is 558 g/mol. The number of benzene rings is 3. The Morgan fingerprint density at radius 3 is 2.50 bits per heavy atom. The van der Waals surface area contributed by atoms with Crippen LogP contribution in [0.4, 0.5) is 11.4 Å². The monoisotopic (exact) mass is 581 g/mol. The van der Waals surface area contributed by atoms with E-state index in [4.69, 9.17) is 16.3 Å². The highest BCUT2D eigenvalue weighted by atomic mass is 35.5. The number of nitrogens with zero attached hydrogens (tertiary/aromatic N) is 1. The number of H-pyrrole nitrogens is 3. The maximum absolute atomic E-state index is 13.8. The Balaban J connectivity index is 1.19. The van der Waals surface area contributed by atoms with Gasteiger partial charge < -0.3 is 35.0 Å². The fourth-order valence-corrected chi connectivity index (χ4v) is 6.00. The zero-order valence-corrected chi connectivity index (χ0v) is 23.0. The number of rotatable bonds is 5. The van der Waals surface area contributed by atoms with E-state index in [1.165, 1.54) is 13.2 Å². The summed E-state index contributed by atoms with van der Waals surface area (Å²) in [5, 5.41) is 16.0. The number of phenolic OH excluding ortho intramolecular Hbond substituents is 1. The van der Waals surface area contributed by atoms with Crippen molar-refractivity contribution in [3.8, 4) is 5.75 Å². The van der Waals surface area contributed by atoms with Crippen LogP contribution >= 0.6 is 11.6 Å². The Morgan fingerprint density at radius 2 is 1.71 bits per heavy atom. The molecule has 0 unspecified atom stereocenters. The number of carbonyl (C=O) groups is 3. The van der Waals surface area contributed by atoms with Crippen LogP contribution in [0.25, 0.3) is 32.7 Å². The summed E-state index contributed by atoms with van der Waals surface area (Å²) in [6, 6.07) is 19.7. The number of amides is 2. The highest BCUT2D eigenvalue weighted by Crippen LogP contribution is 2.46. The van der Waals surface area contributed by atoms with Crippen LogP contribution in [0.3, 0.4) is 0 Å². The number of methoxy groups -OCH3 is 1. The minimum absolute atomic E-state index is 0.0982.